The van der Waals surface area contributed by atoms with E-state index in [1.54, 1.807) is 0 Å². The summed E-state index contributed by atoms with van der Waals surface area (Å²) in [5.41, 5.74) is 0.0317. The molecule has 15 heavy (non-hydrogen) atoms. The van der Waals surface area contributed by atoms with Crippen LogP contribution in [0.25, 0.3) is 0 Å². The Balaban J connectivity index is 2.77. The quantitative estimate of drug-likeness (QED) is 0.430. The fourth-order valence-electron chi connectivity index (χ4n) is 0.824. The maximum absolute atomic E-state index is 10.9. The van der Waals surface area contributed by atoms with Gasteiger partial charge in [0.15, 0.2) is 0 Å². The van der Waals surface area contributed by atoms with Crippen molar-refractivity contribution >= 4 is 5.97 Å². The van der Waals surface area contributed by atoms with Crippen LogP contribution in [0.2, 0.25) is 0 Å². The SMILES string of the molecule is COC(=O)c1ccc(OC(O)(O)O)cn1. The summed E-state index contributed by atoms with van der Waals surface area (Å²) in [5.74, 6) is -0.750. The summed E-state index contributed by atoms with van der Waals surface area (Å²) in [5, 5.41) is 25.4. The maximum atomic E-state index is 10.9. The summed E-state index contributed by atoms with van der Waals surface area (Å²) in [7, 11) is 1.20. The van der Waals surface area contributed by atoms with Crippen molar-refractivity contribution in [3.8, 4) is 5.75 Å². The molecule has 0 unspecified atom stereocenters. The van der Waals surface area contributed by atoms with E-state index in [1.807, 2.05) is 0 Å². The zero-order valence-electron chi connectivity index (χ0n) is 7.75. The Kier molecular flexibility index (Phi) is 3.20. The summed E-state index contributed by atoms with van der Waals surface area (Å²) in [6.45, 7) is 0. The molecule has 7 nitrogen and oxygen atoms in total. The first-order valence-electron chi connectivity index (χ1n) is 3.83. The monoisotopic (exact) mass is 215 g/mol. The molecular weight excluding hydrogens is 206 g/mol. The molecule has 7 heteroatoms. The van der Waals surface area contributed by atoms with Crippen LogP contribution in [0.4, 0.5) is 0 Å². The first kappa shape index (κ1) is 11.4. The third kappa shape index (κ3) is 3.50. The third-order valence-corrected chi connectivity index (χ3v) is 1.39. The number of pyridine rings is 1. The topological polar surface area (TPSA) is 109 Å². The van der Waals surface area contributed by atoms with Gasteiger partial charge in [-0.2, -0.15) is 0 Å². The number of hydrogen-bond donors (Lipinski definition) is 3. The number of aliphatic hydroxyl groups is 3. The van der Waals surface area contributed by atoms with E-state index in [4.69, 9.17) is 15.3 Å². The zero-order chi connectivity index (χ0) is 11.5. The van der Waals surface area contributed by atoms with Crippen molar-refractivity contribution in [3.63, 3.8) is 0 Å². The van der Waals surface area contributed by atoms with Gasteiger partial charge < -0.3 is 24.8 Å². The Morgan fingerprint density at radius 3 is 2.47 bits per heavy atom. The number of carbonyl (C=O) groups excluding carboxylic acids is 1. The van der Waals surface area contributed by atoms with Crippen molar-refractivity contribution in [2.75, 3.05) is 7.11 Å². The second-order valence-electron chi connectivity index (χ2n) is 2.55. The smallest absolute Gasteiger partial charge is 0.453 e. The molecule has 0 atom stereocenters. The van der Waals surface area contributed by atoms with Crippen LogP contribution in [0.3, 0.4) is 0 Å². The number of nitrogens with zero attached hydrogens (tertiary/aromatic N) is 1. The van der Waals surface area contributed by atoms with Crippen molar-refractivity contribution < 1.29 is 29.6 Å². The van der Waals surface area contributed by atoms with Crippen molar-refractivity contribution in [1.82, 2.24) is 4.98 Å². The van der Waals surface area contributed by atoms with Crippen LogP contribution >= 0.6 is 0 Å². The van der Waals surface area contributed by atoms with E-state index in [0.717, 1.165) is 6.20 Å². The Morgan fingerprint density at radius 2 is 2.07 bits per heavy atom. The molecule has 0 aliphatic rings. The van der Waals surface area contributed by atoms with Gasteiger partial charge in [-0.15, -0.1) is 0 Å². The molecule has 1 heterocycles. The molecule has 0 aromatic carbocycles. The van der Waals surface area contributed by atoms with Gasteiger partial charge in [0.1, 0.15) is 11.4 Å². The fraction of sp³-hybridized carbons (Fsp3) is 0.250. The molecule has 0 spiro atoms. The molecule has 1 rings (SSSR count). The number of aromatic nitrogens is 1. The van der Waals surface area contributed by atoms with E-state index in [2.05, 4.69) is 14.5 Å². The molecule has 0 aliphatic carbocycles. The Morgan fingerprint density at radius 1 is 1.40 bits per heavy atom. The first-order valence-corrected chi connectivity index (χ1v) is 3.83. The van der Waals surface area contributed by atoms with Crippen LogP contribution in [-0.2, 0) is 4.74 Å². The van der Waals surface area contributed by atoms with Gasteiger partial charge in [-0.1, -0.05) is 0 Å². The lowest BCUT2D eigenvalue weighted by Gasteiger charge is -2.14. The van der Waals surface area contributed by atoms with Crippen molar-refractivity contribution in [2.45, 2.75) is 6.16 Å². The summed E-state index contributed by atoms with van der Waals surface area (Å²) in [6, 6.07) is 2.46. The number of methoxy groups -OCH3 is 1. The van der Waals surface area contributed by atoms with Crippen LogP contribution < -0.4 is 4.74 Å². The van der Waals surface area contributed by atoms with E-state index in [-0.39, 0.29) is 11.4 Å². The second-order valence-corrected chi connectivity index (χ2v) is 2.55. The summed E-state index contributed by atoms with van der Waals surface area (Å²) in [6.07, 6.45) is -2.24. The average molecular weight is 215 g/mol. The molecule has 0 saturated heterocycles. The van der Waals surface area contributed by atoms with Gasteiger partial charge in [0.25, 0.3) is 0 Å². The van der Waals surface area contributed by atoms with E-state index < -0.39 is 12.1 Å². The number of rotatable bonds is 3. The zero-order valence-corrected chi connectivity index (χ0v) is 7.75. The van der Waals surface area contributed by atoms with Crippen LogP contribution in [0, 0.1) is 0 Å². The maximum Gasteiger partial charge on any atom is 0.453 e. The van der Waals surface area contributed by atoms with Crippen molar-refractivity contribution in [3.05, 3.63) is 24.0 Å². The average Bonchev–Trinajstić information content (AvgIpc) is 2.15. The highest BCUT2D eigenvalue weighted by Gasteiger charge is 2.21. The van der Waals surface area contributed by atoms with Gasteiger partial charge in [0.05, 0.1) is 13.3 Å². The lowest BCUT2D eigenvalue weighted by Crippen LogP contribution is -2.34. The van der Waals surface area contributed by atoms with E-state index in [0.29, 0.717) is 0 Å². The van der Waals surface area contributed by atoms with E-state index in [1.165, 1.54) is 19.2 Å². The molecule has 0 bridgehead atoms. The van der Waals surface area contributed by atoms with Crippen LogP contribution in [0.1, 0.15) is 10.5 Å². The number of ether oxygens (including phenoxy) is 2. The normalized spacial score (nSPS) is 10.9. The fourth-order valence-corrected chi connectivity index (χ4v) is 0.824. The van der Waals surface area contributed by atoms with Crippen LogP contribution in [0.5, 0.6) is 5.75 Å². The molecule has 0 amide bonds. The molecular formula is C8H9NO6. The first-order chi connectivity index (χ1) is 6.92. The molecule has 0 saturated carbocycles. The minimum atomic E-state index is -3.27. The van der Waals surface area contributed by atoms with Gasteiger partial charge in [-0.3, -0.25) is 0 Å². The molecule has 0 radical (unpaired) electrons. The Labute approximate surface area is 84.5 Å². The second kappa shape index (κ2) is 4.22. The lowest BCUT2D eigenvalue weighted by molar-refractivity contribution is -0.419. The Hall–Kier alpha value is -1.70. The Bertz CT molecular complexity index is 341. The highest BCUT2D eigenvalue weighted by molar-refractivity contribution is 5.87. The molecule has 82 valence electrons. The van der Waals surface area contributed by atoms with Crippen molar-refractivity contribution in [1.29, 1.82) is 0 Å². The summed E-state index contributed by atoms with van der Waals surface area (Å²) in [4.78, 5) is 14.5. The molecule has 0 fully saturated rings. The molecule has 1 aromatic heterocycles. The molecule has 0 aliphatic heterocycles. The molecule has 1 aromatic rings. The minimum Gasteiger partial charge on any atom is -0.464 e. The molecule has 3 N–H and O–H groups in total. The van der Waals surface area contributed by atoms with Gasteiger partial charge >= 0.3 is 12.1 Å². The predicted octanol–water partition coefficient (Wildman–Crippen LogP) is -1.16. The third-order valence-electron chi connectivity index (χ3n) is 1.39. The number of carbonyl (C=O) groups is 1. The lowest BCUT2D eigenvalue weighted by atomic mass is 10.3. The summed E-state index contributed by atoms with van der Waals surface area (Å²) < 4.78 is 8.61. The largest absolute Gasteiger partial charge is 0.464 e. The number of esters is 1. The van der Waals surface area contributed by atoms with Gasteiger partial charge in [-0.25, -0.2) is 9.78 Å². The van der Waals surface area contributed by atoms with Gasteiger partial charge in [-0.05, 0) is 12.1 Å². The summed E-state index contributed by atoms with van der Waals surface area (Å²) >= 11 is 0. The van der Waals surface area contributed by atoms with E-state index in [9.17, 15) is 4.79 Å². The van der Waals surface area contributed by atoms with Crippen LogP contribution in [0.15, 0.2) is 18.3 Å². The number of hydrogen-bond acceptors (Lipinski definition) is 7. The van der Waals surface area contributed by atoms with Gasteiger partial charge in [0, 0.05) is 0 Å². The van der Waals surface area contributed by atoms with Crippen molar-refractivity contribution in [2.24, 2.45) is 0 Å². The minimum absolute atomic E-state index is 0.0317. The van der Waals surface area contributed by atoms with E-state index >= 15 is 0 Å². The predicted molar refractivity (Wildman–Crippen MR) is 45.6 cm³/mol. The highest BCUT2D eigenvalue weighted by Crippen LogP contribution is 2.13. The van der Waals surface area contributed by atoms with Crippen LogP contribution in [-0.4, -0.2) is 39.5 Å². The highest BCUT2D eigenvalue weighted by atomic mass is 16.9. The van der Waals surface area contributed by atoms with Gasteiger partial charge in [0.2, 0.25) is 0 Å². The standard InChI is InChI=1S/C8H9NO6/c1-14-7(10)6-3-2-5(4-9-6)15-8(11,12)13/h2-4,11-13H,1H3.